The molecule has 1 aliphatic rings. The van der Waals surface area contributed by atoms with Crippen LogP contribution in [-0.2, 0) is 11.3 Å². The van der Waals surface area contributed by atoms with Crippen LogP contribution in [0.25, 0.3) is 0 Å². The van der Waals surface area contributed by atoms with E-state index in [1.165, 1.54) is 17.7 Å². The average Bonchev–Trinajstić information content (AvgIpc) is 2.63. The largest absolute Gasteiger partial charge is 0.325 e. The van der Waals surface area contributed by atoms with E-state index in [0.717, 1.165) is 32.5 Å². The normalized spacial score (nSPS) is 18.0. The number of carbonyl (C=O) groups is 1. The van der Waals surface area contributed by atoms with Gasteiger partial charge in [-0.25, -0.2) is 4.39 Å². The van der Waals surface area contributed by atoms with Crippen LogP contribution in [0, 0.1) is 5.82 Å². The van der Waals surface area contributed by atoms with E-state index in [9.17, 15) is 9.18 Å². The van der Waals surface area contributed by atoms with Gasteiger partial charge in [-0.3, -0.25) is 9.69 Å². The lowest BCUT2D eigenvalue weighted by atomic mass is 10.0. The van der Waals surface area contributed by atoms with Crippen LogP contribution in [0.15, 0.2) is 54.6 Å². The number of likely N-dealkylation sites (tertiary alicyclic amines) is 1. The predicted octanol–water partition coefficient (Wildman–Crippen LogP) is 3.02. The maximum Gasteiger partial charge on any atom is 0.238 e. The molecule has 1 saturated heterocycles. The highest BCUT2D eigenvalue weighted by atomic mass is 19.1. The van der Waals surface area contributed by atoms with E-state index < -0.39 is 0 Å². The maximum atomic E-state index is 12.9. The van der Waals surface area contributed by atoms with Gasteiger partial charge >= 0.3 is 0 Å². The molecule has 0 saturated carbocycles. The lowest BCUT2D eigenvalue weighted by molar-refractivity contribution is -0.115. The van der Waals surface area contributed by atoms with Crippen molar-refractivity contribution >= 4 is 11.6 Å². The SMILES string of the molecule is O=C(CNC1CCCN(Cc2ccccc2)C1)Nc1ccc(F)cc1. The molecule has 132 valence electrons. The van der Waals surface area contributed by atoms with Gasteiger partial charge in [0, 0.05) is 24.8 Å². The van der Waals surface area contributed by atoms with E-state index in [0.29, 0.717) is 11.7 Å². The number of benzene rings is 2. The zero-order valence-corrected chi connectivity index (χ0v) is 14.2. The fraction of sp³-hybridized carbons (Fsp3) is 0.350. The number of halogens is 1. The van der Waals surface area contributed by atoms with Crippen LogP contribution in [0.1, 0.15) is 18.4 Å². The number of nitrogens with one attached hydrogen (secondary N) is 2. The van der Waals surface area contributed by atoms with Gasteiger partial charge in [0.15, 0.2) is 0 Å². The van der Waals surface area contributed by atoms with Gasteiger partial charge in [-0.15, -0.1) is 0 Å². The first-order valence-electron chi connectivity index (χ1n) is 8.74. The predicted molar refractivity (Wildman–Crippen MR) is 97.8 cm³/mol. The molecule has 0 aromatic heterocycles. The summed E-state index contributed by atoms with van der Waals surface area (Å²) >= 11 is 0. The summed E-state index contributed by atoms with van der Waals surface area (Å²) in [6, 6.07) is 16.6. The summed E-state index contributed by atoms with van der Waals surface area (Å²) in [7, 11) is 0. The van der Waals surface area contributed by atoms with Gasteiger partial charge in [0.25, 0.3) is 0 Å². The second kappa shape index (κ2) is 8.74. The molecule has 2 aromatic rings. The lowest BCUT2D eigenvalue weighted by Gasteiger charge is -2.33. The zero-order chi connectivity index (χ0) is 17.5. The van der Waals surface area contributed by atoms with Crippen molar-refractivity contribution in [3.8, 4) is 0 Å². The Labute approximate surface area is 148 Å². The van der Waals surface area contributed by atoms with Crippen molar-refractivity contribution in [3.63, 3.8) is 0 Å². The molecule has 1 aliphatic heterocycles. The van der Waals surface area contributed by atoms with Crippen LogP contribution in [0.3, 0.4) is 0 Å². The molecule has 1 amide bonds. The third kappa shape index (κ3) is 5.66. The summed E-state index contributed by atoms with van der Waals surface area (Å²) < 4.78 is 12.9. The van der Waals surface area contributed by atoms with Crippen LogP contribution in [0.5, 0.6) is 0 Å². The highest BCUT2D eigenvalue weighted by Crippen LogP contribution is 2.14. The molecule has 0 radical (unpaired) electrons. The number of hydrogen-bond acceptors (Lipinski definition) is 3. The topological polar surface area (TPSA) is 44.4 Å². The van der Waals surface area contributed by atoms with Gasteiger partial charge in [0.05, 0.1) is 6.54 Å². The first kappa shape index (κ1) is 17.6. The van der Waals surface area contributed by atoms with Crippen LogP contribution < -0.4 is 10.6 Å². The highest BCUT2D eigenvalue weighted by Gasteiger charge is 2.20. The molecular weight excluding hydrogens is 317 g/mol. The number of piperidine rings is 1. The Bertz CT molecular complexity index is 675. The summed E-state index contributed by atoms with van der Waals surface area (Å²) in [5.41, 5.74) is 1.93. The number of rotatable bonds is 6. The molecule has 1 heterocycles. The Kier molecular flexibility index (Phi) is 6.14. The van der Waals surface area contributed by atoms with Crippen molar-refractivity contribution in [2.45, 2.75) is 25.4 Å². The fourth-order valence-corrected chi connectivity index (χ4v) is 3.18. The summed E-state index contributed by atoms with van der Waals surface area (Å²) in [4.78, 5) is 14.5. The van der Waals surface area contributed by atoms with E-state index in [4.69, 9.17) is 0 Å². The van der Waals surface area contributed by atoms with Crippen molar-refractivity contribution in [2.75, 3.05) is 25.0 Å². The van der Waals surface area contributed by atoms with Gasteiger partial charge in [-0.05, 0) is 49.2 Å². The van der Waals surface area contributed by atoms with E-state index in [2.05, 4.69) is 39.8 Å². The Morgan fingerprint density at radius 2 is 1.88 bits per heavy atom. The number of hydrogen-bond donors (Lipinski definition) is 2. The molecule has 3 rings (SSSR count). The Hall–Kier alpha value is -2.24. The molecule has 0 aliphatic carbocycles. The van der Waals surface area contributed by atoms with Gasteiger partial charge in [-0.2, -0.15) is 0 Å². The third-order valence-electron chi connectivity index (χ3n) is 4.43. The van der Waals surface area contributed by atoms with Crippen molar-refractivity contribution in [1.82, 2.24) is 10.2 Å². The minimum Gasteiger partial charge on any atom is -0.325 e. The molecule has 0 spiro atoms. The van der Waals surface area contributed by atoms with E-state index in [1.54, 1.807) is 12.1 Å². The molecular formula is C20H24FN3O. The molecule has 1 atom stereocenters. The third-order valence-corrected chi connectivity index (χ3v) is 4.43. The second-order valence-corrected chi connectivity index (χ2v) is 6.50. The van der Waals surface area contributed by atoms with Crippen molar-refractivity contribution < 1.29 is 9.18 Å². The highest BCUT2D eigenvalue weighted by molar-refractivity contribution is 5.92. The van der Waals surface area contributed by atoms with E-state index in [1.807, 2.05) is 6.07 Å². The number of carbonyl (C=O) groups excluding carboxylic acids is 1. The zero-order valence-electron chi connectivity index (χ0n) is 14.2. The van der Waals surface area contributed by atoms with Crippen LogP contribution in [-0.4, -0.2) is 36.5 Å². The van der Waals surface area contributed by atoms with Gasteiger partial charge in [0.2, 0.25) is 5.91 Å². The number of anilines is 1. The monoisotopic (exact) mass is 341 g/mol. The first-order valence-corrected chi connectivity index (χ1v) is 8.74. The molecule has 2 aromatic carbocycles. The molecule has 1 unspecified atom stereocenters. The molecule has 5 heteroatoms. The molecule has 1 fully saturated rings. The minimum absolute atomic E-state index is 0.105. The Morgan fingerprint density at radius 1 is 1.12 bits per heavy atom. The quantitative estimate of drug-likeness (QED) is 0.849. The lowest BCUT2D eigenvalue weighted by Crippen LogP contribution is -2.47. The Morgan fingerprint density at radius 3 is 2.64 bits per heavy atom. The molecule has 25 heavy (non-hydrogen) atoms. The van der Waals surface area contributed by atoms with E-state index in [-0.39, 0.29) is 18.3 Å². The maximum absolute atomic E-state index is 12.9. The summed E-state index contributed by atoms with van der Waals surface area (Å²) in [5.74, 6) is -0.413. The van der Waals surface area contributed by atoms with Crippen LogP contribution in [0.4, 0.5) is 10.1 Å². The minimum atomic E-state index is -0.308. The van der Waals surface area contributed by atoms with Crippen molar-refractivity contribution in [2.24, 2.45) is 0 Å². The molecule has 2 N–H and O–H groups in total. The summed E-state index contributed by atoms with van der Waals surface area (Å²) in [5, 5.41) is 6.12. The van der Waals surface area contributed by atoms with Gasteiger partial charge < -0.3 is 10.6 Å². The van der Waals surface area contributed by atoms with Crippen molar-refractivity contribution in [1.29, 1.82) is 0 Å². The number of nitrogens with zero attached hydrogens (tertiary/aromatic N) is 1. The van der Waals surface area contributed by atoms with Crippen LogP contribution >= 0.6 is 0 Å². The fourth-order valence-electron chi connectivity index (χ4n) is 3.18. The average molecular weight is 341 g/mol. The standard InChI is InChI=1S/C20H24FN3O/c21-17-8-10-18(11-9-17)23-20(25)13-22-19-7-4-12-24(15-19)14-16-5-2-1-3-6-16/h1-3,5-6,8-11,19,22H,4,7,12-15H2,(H,23,25). The second-order valence-electron chi connectivity index (χ2n) is 6.50. The first-order chi connectivity index (χ1) is 12.2. The summed E-state index contributed by atoms with van der Waals surface area (Å²) in [6.45, 7) is 3.25. The molecule has 0 bridgehead atoms. The van der Waals surface area contributed by atoms with Crippen LogP contribution in [0.2, 0.25) is 0 Å². The molecule has 4 nitrogen and oxygen atoms in total. The van der Waals surface area contributed by atoms with Gasteiger partial charge in [-0.1, -0.05) is 30.3 Å². The number of amides is 1. The summed E-state index contributed by atoms with van der Waals surface area (Å²) in [6.07, 6.45) is 2.21. The van der Waals surface area contributed by atoms with Crippen molar-refractivity contribution in [3.05, 3.63) is 66.0 Å². The Balaban J connectivity index is 1.43. The van der Waals surface area contributed by atoms with Gasteiger partial charge in [0.1, 0.15) is 5.82 Å². The van der Waals surface area contributed by atoms with E-state index >= 15 is 0 Å². The smallest absolute Gasteiger partial charge is 0.238 e.